The Morgan fingerprint density at radius 1 is 1.41 bits per heavy atom. The highest BCUT2D eigenvalue weighted by atomic mass is 16.5. The van der Waals surface area contributed by atoms with Crippen LogP contribution in [0.2, 0.25) is 0 Å². The van der Waals surface area contributed by atoms with Crippen molar-refractivity contribution in [1.29, 1.82) is 0 Å². The first-order valence-electron chi connectivity index (χ1n) is 7.22. The fourth-order valence-electron chi connectivity index (χ4n) is 2.55. The zero-order valence-electron chi connectivity index (χ0n) is 12.7. The molecule has 2 aromatic rings. The van der Waals surface area contributed by atoms with Crippen LogP contribution in [0, 0.1) is 13.8 Å². The van der Waals surface area contributed by atoms with Crippen LogP contribution in [0.1, 0.15) is 28.8 Å². The average molecular weight is 302 g/mol. The second kappa shape index (κ2) is 6.23. The maximum absolute atomic E-state index is 12.5. The van der Waals surface area contributed by atoms with Crippen LogP contribution >= 0.6 is 0 Å². The smallest absolute Gasteiger partial charge is 0.227 e. The van der Waals surface area contributed by atoms with Crippen molar-refractivity contribution in [3.05, 3.63) is 41.3 Å². The molecule has 7 heteroatoms. The molecule has 3 rings (SSSR count). The Bertz CT molecular complexity index is 637. The van der Waals surface area contributed by atoms with Crippen LogP contribution in [0.15, 0.2) is 23.1 Å². The van der Waals surface area contributed by atoms with Gasteiger partial charge in [-0.1, -0.05) is 5.16 Å². The van der Waals surface area contributed by atoms with Gasteiger partial charge in [-0.15, -0.1) is 0 Å². The highest BCUT2D eigenvalue weighted by Gasteiger charge is 2.27. The summed E-state index contributed by atoms with van der Waals surface area (Å²) in [6.07, 6.45) is 4.99. The molecule has 116 valence electrons. The van der Waals surface area contributed by atoms with Gasteiger partial charge in [-0.2, -0.15) is 0 Å². The first-order chi connectivity index (χ1) is 10.6. The third-order valence-corrected chi connectivity index (χ3v) is 3.84. The van der Waals surface area contributed by atoms with Gasteiger partial charge in [0.05, 0.1) is 37.2 Å². The van der Waals surface area contributed by atoms with Crippen LogP contribution < -0.4 is 0 Å². The van der Waals surface area contributed by atoms with Crippen molar-refractivity contribution in [2.24, 2.45) is 0 Å². The first-order valence-corrected chi connectivity index (χ1v) is 7.22. The van der Waals surface area contributed by atoms with Gasteiger partial charge in [0.2, 0.25) is 5.91 Å². The summed E-state index contributed by atoms with van der Waals surface area (Å²) < 4.78 is 10.8. The molecule has 1 aliphatic rings. The number of aromatic nitrogens is 3. The molecule has 7 nitrogen and oxygen atoms in total. The summed E-state index contributed by atoms with van der Waals surface area (Å²) in [7, 11) is 0. The van der Waals surface area contributed by atoms with E-state index in [4.69, 9.17) is 9.26 Å². The second-order valence-corrected chi connectivity index (χ2v) is 5.31. The van der Waals surface area contributed by atoms with Gasteiger partial charge in [0, 0.05) is 24.5 Å². The van der Waals surface area contributed by atoms with Crippen molar-refractivity contribution in [1.82, 2.24) is 20.0 Å². The molecule has 1 amide bonds. The van der Waals surface area contributed by atoms with E-state index in [-0.39, 0.29) is 12.0 Å². The number of hydrogen-bond acceptors (Lipinski definition) is 6. The quantitative estimate of drug-likeness (QED) is 0.848. The number of aryl methyl sites for hydroxylation is 2. The van der Waals surface area contributed by atoms with Crippen LogP contribution in [0.4, 0.5) is 0 Å². The topological polar surface area (TPSA) is 81.4 Å². The van der Waals surface area contributed by atoms with E-state index in [0.717, 1.165) is 17.0 Å². The van der Waals surface area contributed by atoms with E-state index >= 15 is 0 Å². The molecule has 0 unspecified atom stereocenters. The van der Waals surface area contributed by atoms with Crippen LogP contribution in [-0.2, 0) is 16.0 Å². The lowest BCUT2D eigenvalue weighted by atomic mass is 10.1. The molecule has 3 heterocycles. The highest BCUT2D eigenvalue weighted by molar-refractivity contribution is 5.79. The highest BCUT2D eigenvalue weighted by Crippen LogP contribution is 2.21. The lowest BCUT2D eigenvalue weighted by molar-refractivity contribution is -0.138. The summed E-state index contributed by atoms with van der Waals surface area (Å²) in [4.78, 5) is 22.6. The van der Waals surface area contributed by atoms with Crippen molar-refractivity contribution in [3.8, 4) is 0 Å². The molecule has 0 spiro atoms. The molecule has 1 aliphatic heterocycles. The van der Waals surface area contributed by atoms with Gasteiger partial charge in [0.15, 0.2) is 0 Å². The largest absolute Gasteiger partial charge is 0.368 e. The summed E-state index contributed by atoms with van der Waals surface area (Å²) in [5.74, 6) is 0.746. The monoisotopic (exact) mass is 302 g/mol. The minimum atomic E-state index is -0.226. The normalized spacial score (nSPS) is 18.5. The van der Waals surface area contributed by atoms with E-state index in [0.29, 0.717) is 31.9 Å². The zero-order valence-corrected chi connectivity index (χ0v) is 12.7. The van der Waals surface area contributed by atoms with Gasteiger partial charge >= 0.3 is 0 Å². The fraction of sp³-hybridized carbons (Fsp3) is 0.467. The minimum absolute atomic E-state index is 0.0478. The predicted octanol–water partition coefficient (Wildman–Crippen LogP) is 1.22. The van der Waals surface area contributed by atoms with Gasteiger partial charge < -0.3 is 14.2 Å². The number of ether oxygens (including phenoxy) is 1. The van der Waals surface area contributed by atoms with Gasteiger partial charge in [-0.05, 0) is 13.8 Å². The minimum Gasteiger partial charge on any atom is -0.368 e. The third kappa shape index (κ3) is 2.99. The Labute approximate surface area is 128 Å². The third-order valence-electron chi connectivity index (χ3n) is 3.84. The van der Waals surface area contributed by atoms with E-state index in [1.165, 1.54) is 0 Å². The lowest BCUT2D eigenvalue weighted by Crippen LogP contribution is -2.43. The van der Waals surface area contributed by atoms with Crippen LogP contribution in [0.25, 0.3) is 0 Å². The maximum atomic E-state index is 12.5. The summed E-state index contributed by atoms with van der Waals surface area (Å²) in [6.45, 7) is 5.24. The van der Waals surface area contributed by atoms with Gasteiger partial charge in [0.25, 0.3) is 0 Å². The van der Waals surface area contributed by atoms with E-state index < -0.39 is 0 Å². The number of hydrogen-bond donors (Lipinski definition) is 0. The molecule has 2 aromatic heterocycles. The molecule has 22 heavy (non-hydrogen) atoms. The Balaban J connectivity index is 1.68. The van der Waals surface area contributed by atoms with Gasteiger partial charge in [-0.25, -0.2) is 0 Å². The molecule has 1 fully saturated rings. The van der Waals surface area contributed by atoms with Crippen molar-refractivity contribution >= 4 is 5.91 Å². The number of carbonyl (C=O) groups excluding carboxylic acids is 1. The van der Waals surface area contributed by atoms with E-state index in [1.807, 2.05) is 13.8 Å². The number of rotatable bonds is 3. The molecule has 1 saturated heterocycles. The van der Waals surface area contributed by atoms with Crippen molar-refractivity contribution in [2.45, 2.75) is 26.4 Å². The number of nitrogens with zero attached hydrogens (tertiary/aromatic N) is 4. The Morgan fingerprint density at radius 3 is 2.95 bits per heavy atom. The average Bonchev–Trinajstić information content (AvgIpc) is 2.88. The summed E-state index contributed by atoms with van der Waals surface area (Å²) in [5.41, 5.74) is 2.38. The SMILES string of the molecule is Cc1noc(C)c1CC(=O)N1CCO[C@H](c2cnccn2)C1. The number of amides is 1. The standard InChI is InChI=1S/C15H18N4O3/c1-10-12(11(2)22-18-10)7-15(20)19-5-6-21-14(9-19)13-8-16-3-4-17-13/h3-4,8,14H,5-7,9H2,1-2H3/t14-/m0/s1. The molecule has 0 bridgehead atoms. The van der Waals surface area contributed by atoms with E-state index in [2.05, 4.69) is 15.1 Å². The van der Waals surface area contributed by atoms with Crippen molar-refractivity contribution < 1.29 is 14.1 Å². The van der Waals surface area contributed by atoms with Crippen molar-refractivity contribution in [2.75, 3.05) is 19.7 Å². The summed E-state index contributed by atoms with van der Waals surface area (Å²) >= 11 is 0. The van der Waals surface area contributed by atoms with Crippen LogP contribution in [-0.4, -0.2) is 45.6 Å². The molecule has 0 N–H and O–H groups in total. The Kier molecular flexibility index (Phi) is 4.15. The molecule has 0 radical (unpaired) electrons. The first kappa shape index (κ1) is 14.6. The maximum Gasteiger partial charge on any atom is 0.227 e. The molecular formula is C15H18N4O3. The van der Waals surface area contributed by atoms with E-state index in [1.54, 1.807) is 23.5 Å². The predicted molar refractivity (Wildman–Crippen MR) is 77.0 cm³/mol. The summed E-state index contributed by atoms with van der Waals surface area (Å²) in [5, 5.41) is 3.89. The fourth-order valence-corrected chi connectivity index (χ4v) is 2.55. The molecule has 0 aliphatic carbocycles. The zero-order chi connectivity index (χ0) is 15.5. The molecular weight excluding hydrogens is 284 g/mol. The Hall–Kier alpha value is -2.28. The lowest BCUT2D eigenvalue weighted by Gasteiger charge is -2.32. The summed E-state index contributed by atoms with van der Waals surface area (Å²) in [6, 6.07) is 0. The van der Waals surface area contributed by atoms with Gasteiger partial charge in [0.1, 0.15) is 11.9 Å². The van der Waals surface area contributed by atoms with Crippen LogP contribution in [0.5, 0.6) is 0 Å². The number of carbonyl (C=O) groups is 1. The Morgan fingerprint density at radius 2 is 2.27 bits per heavy atom. The molecule has 1 atom stereocenters. The second-order valence-electron chi connectivity index (χ2n) is 5.31. The van der Waals surface area contributed by atoms with Crippen molar-refractivity contribution in [3.63, 3.8) is 0 Å². The van der Waals surface area contributed by atoms with Gasteiger partial charge in [-0.3, -0.25) is 14.8 Å². The van der Waals surface area contributed by atoms with Crippen LogP contribution in [0.3, 0.4) is 0 Å². The molecule has 0 aromatic carbocycles. The van der Waals surface area contributed by atoms with E-state index in [9.17, 15) is 4.79 Å². The number of morpholine rings is 1. The molecule has 0 saturated carbocycles.